The summed E-state index contributed by atoms with van der Waals surface area (Å²) in [6.45, 7) is 0. The van der Waals surface area contributed by atoms with Crippen molar-refractivity contribution in [3.8, 4) is 5.75 Å². The highest BCUT2D eigenvalue weighted by atomic mass is 16.6. The topological polar surface area (TPSA) is 75.1 Å². The lowest BCUT2D eigenvalue weighted by Gasteiger charge is -2.04. The van der Waals surface area contributed by atoms with Gasteiger partial charge in [-0.3, -0.25) is 0 Å². The monoisotopic (exact) mass is 213 g/mol. The number of amides is 1. The van der Waals surface area contributed by atoms with Crippen LogP contribution in [0.1, 0.15) is 0 Å². The quantitative estimate of drug-likeness (QED) is 0.412. The molecule has 78 valence electrons. The molecule has 2 aromatic rings. The van der Waals surface area contributed by atoms with Gasteiger partial charge in [-0.05, 0) is 17.0 Å². The van der Waals surface area contributed by atoms with Crippen LogP contribution in [0.4, 0.5) is 4.79 Å². The van der Waals surface area contributed by atoms with Gasteiger partial charge in [0.15, 0.2) is 0 Å². The van der Waals surface area contributed by atoms with Crippen molar-refractivity contribution in [3.05, 3.63) is 52.9 Å². The minimum atomic E-state index is -0.959. The number of carbonyl (C=O) groups excluding carboxylic acids is 1. The molecule has 0 spiro atoms. The second-order valence-corrected chi connectivity index (χ2v) is 3.03. The molecule has 0 unspecified atom stereocenters. The maximum Gasteiger partial charge on any atom is 0.402 e. The average molecular weight is 213 g/mol. The normalized spacial score (nSPS) is 9.50. The van der Waals surface area contributed by atoms with Crippen LogP contribution in [0, 0.1) is 0 Å². The molecule has 0 aliphatic carbocycles. The van der Waals surface area contributed by atoms with Gasteiger partial charge in [-0.15, -0.1) is 0 Å². The van der Waals surface area contributed by atoms with Crippen LogP contribution < -0.4 is 4.74 Å². The second kappa shape index (κ2) is 4.33. The van der Waals surface area contributed by atoms with Gasteiger partial charge in [0.1, 0.15) is 5.75 Å². The van der Waals surface area contributed by atoms with Gasteiger partial charge in [0.2, 0.25) is 0 Å². The smallest absolute Gasteiger partial charge is 0.402 e. The summed E-state index contributed by atoms with van der Waals surface area (Å²) in [6.07, 6.45) is -0.959. The largest absolute Gasteiger partial charge is 0.421 e. The van der Waals surface area contributed by atoms with E-state index in [0.717, 1.165) is 10.8 Å². The number of benzene rings is 2. The number of fused-ring (bicyclic) bond motifs is 1. The summed E-state index contributed by atoms with van der Waals surface area (Å²) < 4.78 is 4.91. The molecule has 5 heteroatoms. The van der Waals surface area contributed by atoms with Crippen molar-refractivity contribution in [3.63, 3.8) is 0 Å². The maximum atomic E-state index is 11.0. The van der Waals surface area contributed by atoms with Gasteiger partial charge < -0.3 is 4.74 Å². The molecule has 0 fully saturated rings. The SMILES string of the molecule is [N-]=[N+]=NC(=O)Oc1cccc2ccccc12. The van der Waals surface area contributed by atoms with E-state index in [1.54, 1.807) is 12.1 Å². The molecule has 0 heterocycles. The molecule has 1 amide bonds. The Hall–Kier alpha value is -2.52. The van der Waals surface area contributed by atoms with Crippen molar-refractivity contribution in [1.82, 2.24) is 0 Å². The molecule has 0 saturated heterocycles. The van der Waals surface area contributed by atoms with Crippen molar-refractivity contribution in [2.45, 2.75) is 0 Å². The molecular weight excluding hydrogens is 206 g/mol. The number of azide groups is 1. The lowest BCUT2D eigenvalue weighted by atomic mass is 10.1. The zero-order valence-electron chi connectivity index (χ0n) is 8.20. The molecule has 0 N–H and O–H groups in total. The summed E-state index contributed by atoms with van der Waals surface area (Å²) in [6, 6.07) is 12.8. The van der Waals surface area contributed by atoms with Gasteiger partial charge in [0.25, 0.3) is 0 Å². The van der Waals surface area contributed by atoms with E-state index in [2.05, 4.69) is 10.0 Å². The van der Waals surface area contributed by atoms with Crippen LogP contribution in [0.15, 0.2) is 47.6 Å². The highest BCUT2D eigenvalue weighted by molar-refractivity contribution is 5.90. The Labute approximate surface area is 90.9 Å². The fourth-order valence-corrected chi connectivity index (χ4v) is 1.44. The van der Waals surface area contributed by atoms with Crippen LogP contribution >= 0.6 is 0 Å². The molecule has 0 aliphatic rings. The highest BCUT2D eigenvalue weighted by Crippen LogP contribution is 2.25. The Balaban J connectivity index is 2.44. The fraction of sp³-hybridized carbons (Fsp3) is 0. The molecule has 0 radical (unpaired) electrons. The summed E-state index contributed by atoms with van der Waals surface area (Å²) in [5.74, 6) is 0.385. The average Bonchev–Trinajstić information content (AvgIpc) is 2.30. The summed E-state index contributed by atoms with van der Waals surface area (Å²) in [7, 11) is 0. The number of rotatable bonds is 1. The predicted molar refractivity (Wildman–Crippen MR) is 59.1 cm³/mol. The zero-order valence-corrected chi connectivity index (χ0v) is 8.20. The van der Waals surface area contributed by atoms with Crippen LogP contribution in [0.25, 0.3) is 21.2 Å². The predicted octanol–water partition coefficient (Wildman–Crippen LogP) is 3.65. The molecule has 0 saturated carbocycles. The van der Waals surface area contributed by atoms with Crippen LogP contribution in [0.2, 0.25) is 0 Å². The molecule has 0 atom stereocenters. The van der Waals surface area contributed by atoms with Gasteiger partial charge in [-0.2, -0.15) is 0 Å². The van der Waals surface area contributed by atoms with E-state index in [4.69, 9.17) is 10.3 Å². The van der Waals surface area contributed by atoms with Crippen molar-refractivity contribution in [1.29, 1.82) is 0 Å². The van der Waals surface area contributed by atoms with Crippen molar-refractivity contribution in [2.75, 3.05) is 0 Å². The first kappa shape index (κ1) is 10.0. The van der Waals surface area contributed by atoms with E-state index < -0.39 is 6.09 Å². The van der Waals surface area contributed by atoms with E-state index in [-0.39, 0.29) is 0 Å². The molecule has 0 aliphatic heterocycles. The molecule has 16 heavy (non-hydrogen) atoms. The van der Waals surface area contributed by atoms with Gasteiger partial charge in [-0.1, -0.05) is 36.4 Å². The molecule has 2 aromatic carbocycles. The van der Waals surface area contributed by atoms with Crippen molar-refractivity contribution < 1.29 is 9.53 Å². The maximum absolute atomic E-state index is 11.0. The first-order valence-corrected chi connectivity index (χ1v) is 4.56. The van der Waals surface area contributed by atoms with Crippen LogP contribution in [0.5, 0.6) is 5.75 Å². The van der Waals surface area contributed by atoms with Gasteiger partial charge in [0.05, 0.1) is 0 Å². The van der Waals surface area contributed by atoms with E-state index in [0.29, 0.717) is 5.75 Å². The van der Waals surface area contributed by atoms with E-state index >= 15 is 0 Å². The molecular formula is C11H7N3O2. The van der Waals surface area contributed by atoms with E-state index in [1.165, 1.54) is 0 Å². The Kier molecular flexibility index (Phi) is 2.71. The number of nitrogens with zero attached hydrogens (tertiary/aromatic N) is 3. The number of hydrogen-bond donors (Lipinski definition) is 0. The second-order valence-electron chi connectivity index (χ2n) is 3.03. The first-order valence-electron chi connectivity index (χ1n) is 4.56. The number of carbonyl (C=O) groups is 1. The summed E-state index contributed by atoms with van der Waals surface area (Å²) in [5.41, 5.74) is 8.09. The third kappa shape index (κ3) is 1.94. The van der Waals surface area contributed by atoms with Crippen LogP contribution in [0.3, 0.4) is 0 Å². The Morgan fingerprint density at radius 2 is 1.94 bits per heavy atom. The fourth-order valence-electron chi connectivity index (χ4n) is 1.44. The summed E-state index contributed by atoms with van der Waals surface area (Å²) >= 11 is 0. The standard InChI is InChI=1S/C11H7N3O2/c12-14-13-11(15)16-10-7-3-5-8-4-1-2-6-9(8)10/h1-7H. The van der Waals surface area contributed by atoms with Crippen molar-refractivity contribution >= 4 is 16.9 Å². The van der Waals surface area contributed by atoms with E-state index in [1.807, 2.05) is 30.3 Å². The summed E-state index contributed by atoms with van der Waals surface area (Å²) in [4.78, 5) is 13.4. The number of ether oxygens (including phenoxy) is 1. The third-order valence-corrected chi connectivity index (χ3v) is 2.07. The van der Waals surface area contributed by atoms with Gasteiger partial charge >= 0.3 is 6.09 Å². The van der Waals surface area contributed by atoms with Crippen LogP contribution in [-0.4, -0.2) is 6.09 Å². The minimum Gasteiger partial charge on any atom is -0.421 e. The number of hydrogen-bond acceptors (Lipinski definition) is 2. The first-order chi connectivity index (χ1) is 7.81. The molecule has 0 aromatic heterocycles. The van der Waals surface area contributed by atoms with Gasteiger partial charge in [-0.25, -0.2) is 4.79 Å². The Bertz CT molecular complexity index is 583. The molecule has 5 nitrogen and oxygen atoms in total. The van der Waals surface area contributed by atoms with E-state index in [9.17, 15) is 4.79 Å². The third-order valence-electron chi connectivity index (χ3n) is 2.07. The Morgan fingerprint density at radius 1 is 1.19 bits per heavy atom. The lowest BCUT2D eigenvalue weighted by Crippen LogP contribution is -2.00. The Morgan fingerprint density at radius 3 is 2.75 bits per heavy atom. The molecule has 2 rings (SSSR count). The lowest BCUT2D eigenvalue weighted by molar-refractivity contribution is 0.211. The van der Waals surface area contributed by atoms with Crippen LogP contribution in [-0.2, 0) is 0 Å². The molecule has 0 bridgehead atoms. The summed E-state index contributed by atoms with van der Waals surface area (Å²) in [5, 5.41) is 4.60. The van der Waals surface area contributed by atoms with Crippen molar-refractivity contribution in [2.24, 2.45) is 5.11 Å². The minimum absolute atomic E-state index is 0.385. The zero-order chi connectivity index (χ0) is 11.4. The van der Waals surface area contributed by atoms with Gasteiger partial charge in [0, 0.05) is 15.4 Å². The highest BCUT2D eigenvalue weighted by Gasteiger charge is 2.05.